The monoisotopic (exact) mass is 190 g/mol. The van der Waals surface area contributed by atoms with Crippen molar-refractivity contribution in [3.8, 4) is 0 Å². The third-order valence-electron chi connectivity index (χ3n) is 0.843. The van der Waals surface area contributed by atoms with E-state index in [9.17, 15) is 10.1 Å². The van der Waals surface area contributed by atoms with Gasteiger partial charge in [-0.05, 0) is 15.9 Å². The maximum absolute atomic E-state index is 9.98. The van der Waals surface area contributed by atoms with E-state index in [1.807, 2.05) is 0 Å². The minimum atomic E-state index is -0.457. The second-order valence-electron chi connectivity index (χ2n) is 1.46. The molecule has 5 heteroatoms. The summed E-state index contributed by atoms with van der Waals surface area (Å²) >= 11 is 3.04. The molecule has 0 aliphatic heterocycles. The van der Waals surface area contributed by atoms with E-state index in [0.717, 1.165) is 0 Å². The molecule has 0 radical (unpaired) electrons. The van der Waals surface area contributed by atoms with E-state index < -0.39 is 4.92 Å². The van der Waals surface area contributed by atoms with E-state index in [1.54, 1.807) is 0 Å². The van der Waals surface area contributed by atoms with Gasteiger partial charge in [-0.1, -0.05) is 0 Å². The van der Waals surface area contributed by atoms with Gasteiger partial charge in [0, 0.05) is 6.07 Å². The molecule has 0 saturated carbocycles. The van der Waals surface area contributed by atoms with Gasteiger partial charge in [0.25, 0.3) is 5.69 Å². The fourth-order valence-electron chi connectivity index (χ4n) is 0.461. The number of hydrogen-bond donors (Lipinski definition) is 1. The Bertz CT molecular complexity index is 232. The number of halogens is 1. The van der Waals surface area contributed by atoms with Crippen LogP contribution < -0.4 is 0 Å². The lowest BCUT2D eigenvalue weighted by Gasteiger charge is -1.77. The molecule has 0 unspecified atom stereocenters. The third-order valence-corrected chi connectivity index (χ3v) is 1.30. The lowest BCUT2D eigenvalue weighted by molar-refractivity contribution is -0.384. The van der Waals surface area contributed by atoms with Crippen molar-refractivity contribution in [1.29, 1.82) is 0 Å². The molecule has 1 aromatic heterocycles. The average molecular weight is 191 g/mol. The number of nitrogens with one attached hydrogen (secondary N) is 1. The predicted octanol–water partition coefficient (Wildman–Crippen LogP) is 1.69. The van der Waals surface area contributed by atoms with Gasteiger partial charge in [0.2, 0.25) is 0 Å². The summed E-state index contributed by atoms with van der Waals surface area (Å²) in [7, 11) is 0. The minimum absolute atomic E-state index is 0.0712. The van der Waals surface area contributed by atoms with Gasteiger partial charge in [0.05, 0.1) is 15.7 Å². The number of hydrogen-bond acceptors (Lipinski definition) is 2. The van der Waals surface area contributed by atoms with Gasteiger partial charge >= 0.3 is 0 Å². The van der Waals surface area contributed by atoms with Crippen molar-refractivity contribution in [3.63, 3.8) is 0 Å². The highest BCUT2D eigenvalue weighted by Crippen LogP contribution is 2.15. The molecule has 0 aromatic carbocycles. The molecule has 1 N–H and O–H groups in total. The Kier molecular flexibility index (Phi) is 1.52. The zero-order valence-corrected chi connectivity index (χ0v) is 5.88. The average Bonchev–Trinajstić information content (AvgIpc) is 2.14. The summed E-state index contributed by atoms with van der Waals surface area (Å²) in [4.78, 5) is 12.1. The quantitative estimate of drug-likeness (QED) is 0.542. The molecule has 0 amide bonds. The standard InChI is InChI=1S/C4H3BrN2O2/c5-4-1-3(2-6-4)7(8)9/h1-2,6H. The van der Waals surface area contributed by atoms with Crippen LogP contribution in [0.15, 0.2) is 16.9 Å². The van der Waals surface area contributed by atoms with Crippen molar-refractivity contribution >= 4 is 21.6 Å². The van der Waals surface area contributed by atoms with Gasteiger partial charge < -0.3 is 4.98 Å². The maximum atomic E-state index is 9.98. The van der Waals surface area contributed by atoms with E-state index in [-0.39, 0.29) is 5.69 Å². The van der Waals surface area contributed by atoms with Crippen LogP contribution in [0.25, 0.3) is 0 Å². The van der Waals surface area contributed by atoms with Gasteiger partial charge in [-0.2, -0.15) is 0 Å². The van der Waals surface area contributed by atoms with E-state index in [1.165, 1.54) is 12.3 Å². The number of H-pyrrole nitrogens is 1. The lowest BCUT2D eigenvalue weighted by Crippen LogP contribution is -1.82. The molecule has 1 rings (SSSR count). The van der Waals surface area contributed by atoms with Crippen molar-refractivity contribution in [2.24, 2.45) is 0 Å². The van der Waals surface area contributed by atoms with Crippen molar-refractivity contribution in [3.05, 3.63) is 27.0 Å². The molecule has 1 heterocycles. The first kappa shape index (κ1) is 6.28. The summed E-state index contributed by atoms with van der Waals surface area (Å²) in [5, 5.41) is 9.98. The summed E-state index contributed by atoms with van der Waals surface area (Å²) < 4.78 is 0.620. The van der Waals surface area contributed by atoms with E-state index in [4.69, 9.17) is 0 Å². The second-order valence-corrected chi connectivity index (χ2v) is 2.32. The maximum Gasteiger partial charge on any atom is 0.287 e. The normalized spacial score (nSPS) is 9.44. The van der Waals surface area contributed by atoms with Crippen molar-refractivity contribution in [1.82, 2.24) is 4.98 Å². The summed E-state index contributed by atoms with van der Waals surface area (Å²) in [6, 6.07) is 1.40. The number of nitrogens with zero attached hydrogens (tertiary/aromatic N) is 1. The predicted molar refractivity (Wildman–Crippen MR) is 35.1 cm³/mol. The second kappa shape index (κ2) is 2.18. The van der Waals surface area contributed by atoms with E-state index in [0.29, 0.717) is 4.60 Å². The van der Waals surface area contributed by atoms with Gasteiger partial charge in [0.1, 0.15) is 0 Å². The summed E-state index contributed by atoms with van der Waals surface area (Å²) in [6.07, 6.45) is 1.32. The first-order valence-corrected chi connectivity index (χ1v) is 2.98. The Labute approximate surface area is 59.2 Å². The van der Waals surface area contributed by atoms with Crippen LogP contribution in [0, 0.1) is 10.1 Å². The molecule has 1 aromatic rings. The number of aromatic nitrogens is 1. The van der Waals surface area contributed by atoms with E-state index >= 15 is 0 Å². The van der Waals surface area contributed by atoms with Crippen molar-refractivity contribution < 1.29 is 4.92 Å². The largest absolute Gasteiger partial charge is 0.350 e. The van der Waals surface area contributed by atoms with E-state index in [2.05, 4.69) is 20.9 Å². The van der Waals surface area contributed by atoms with Crippen LogP contribution in [0.3, 0.4) is 0 Å². The first-order chi connectivity index (χ1) is 4.20. The molecular weight excluding hydrogens is 188 g/mol. The smallest absolute Gasteiger partial charge is 0.287 e. The first-order valence-electron chi connectivity index (χ1n) is 2.18. The Morgan fingerprint density at radius 1 is 1.78 bits per heavy atom. The summed E-state index contributed by atoms with van der Waals surface area (Å²) in [5.74, 6) is 0. The zero-order valence-electron chi connectivity index (χ0n) is 4.30. The van der Waals surface area contributed by atoms with Crippen LogP contribution in [0.5, 0.6) is 0 Å². The Balaban J connectivity index is 2.98. The molecule has 0 aliphatic rings. The molecule has 0 aliphatic carbocycles. The molecule has 0 atom stereocenters. The van der Waals surface area contributed by atoms with Crippen LogP contribution in [0.2, 0.25) is 0 Å². The van der Waals surface area contributed by atoms with Crippen LogP contribution in [-0.2, 0) is 0 Å². The van der Waals surface area contributed by atoms with Gasteiger partial charge in [0.15, 0.2) is 0 Å². The van der Waals surface area contributed by atoms with Crippen LogP contribution in [0.4, 0.5) is 5.69 Å². The van der Waals surface area contributed by atoms with Gasteiger partial charge in [-0.3, -0.25) is 10.1 Å². The molecule has 9 heavy (non-hydrogen) atoms. The van der Waals surface area contributed by atoms with Crippen LogP contribution in [-0.4, -0.2) is 9.91 Å². The topological polar surface area (TPSA) is 58.9 Å². The SMILES string of the molecule is O=[N+]([O-])c1c[nH]c(Br)c1. The number of rotatable bonds is 1. The molecule has 0 bridgehead atoms. The molecular formula is C4H3BrN2O2. The van der Waals surface area contributed by atoms with Crippen LogP contribution >= 0.6 is 15.9 Å². The highest BCUT2D eigenvalue weighted by Gasteiger charge is 2.05. The van der Waals surface area contributed by atoms with Crippen molar-refractivity contribution in [2.45, 2.75) is 0 Å². The van der Waals surface area contributed by atoms with Crippen LogP contribution in [0.1, 0.15) is 0 Å². The number of nitro groups is 1. The summed E-state index contributed by atoms with van der Waals surface area (Å²) in [6.45, 7) is 0. The fraction of sp³-hybridized carbons (Fsp3) is 0. The zero-order chi connectivity index (χ0) is 6.85. The minimum Gasteiger partial charge on any atom is -0.350 e. The van der Waals surface area contributed by atoms with Crippen molar-refractivity contribution in [2.75, 3.05) is 0 Å². The Morgan fingerprint density at radius 2 is 2.44 bits per heavy atom. The Hall–Kier alpha value is -0.840. The molecule has 0 spiro atoms. The molecule has 0 saturated heterocycles. The Morgan fingerprint density at radius 3 is 2.67 bits per heavy atom. The summed E-state index contributed by atoms with van der Waals surface area (Å²) in [5.41, 5.74) is 0.0712. The number of aromatic amines is 1. The highest BCUT2D eigenvalue weighted by molar-refractivity contribution is 9.10. The lowest BCUT2D eigenvalue weighted by atomic mass is 10.6. The van der Waals surface area contributed by atoms with Gasteiger partial charge in [-0.15, -0.1) is 0 Å². The highest BCUT2D eigenvalue weighted by atomic mass is 79.9. The fourth-order valence-corrected chi connectivity index (χ4v) is 0.810. The molecule has 0 fully saturated rings. The van der Waals surface area contributed by atoms with Gasteiger partial charge in [-0.25, -0.2) is 0 Å². The third kappa shape index (κ3) is 1.29. The molecule has 4 nitrogen and oxygen atoms in total. The molecule has 48 valence electrons.